The molecule has 2 aromatic heterocycles. The predicted molar refractivity (Wildman–Crippen MR) is 173 cm³/mol. The zero-order valence-electron chi connectivity index (χ0n) is 24.5. The van der Waals surface area contributed by atoms with Crippen molar-refractivity contribution in [2.75, 3.05) is 11.9 Å². The third-order valence-corrected chi connectivity index (χ3v) is 9.62. The molecule has 1 aliphatic heterocycles. The fraction of sp³-hybridized carbons (Fsp3) is 0.625. The maximum Gasteiger partial charge on any atom is 0.267 e. The van der Waals surface area contributed by atoms with Gasteiger partial charge >= 0.3 is 0 Å². The highest BCUT2D eigenvalue weighted by atomic mass is 32.2. The number of thioether (sulfide) groups is 1. The van der Waals surface area contributed by atoms with Crippen molar-refractivity contribution in [3.8, 4) is 0 Å². The summed E-state index contributed by atoms with van der Waals surface area (Å²) >= 11 is 6.89. The number of aryl methyl sites for hydroxylation is 1. The number of rotatable bonds is 14. The molecular formula is C32H46N4O2S2. The molecule has 0 unspecified atom stereocenters. The van der Waals surface area contributed by atoms with Crippen molar-refractivity contribution >= 4 is 51.7 Å². The normalized spacial score (nSPS) is 20.7. The summed E-state index contributed by atoms with van der Waals surface area (Å²) in [5.74, 6) is 1.19. The van der Waals surface area contributed by atoms with E-state index in [1.165, 1.54) is 63.1 Å². The van der Waals surface area contributed by atoms with Gasteiger partial charge in [-0.05, 0) is 62.7 Å². The second kappa shape index (κ2) is 15.2. The van der Waals surface area contributed by atoms with Gasteiger partial charge in [0.05, 0.1) is 10.5 Å². The number of carbonyl (C=O) groups excluding carboxylic acids is 1. The Kier molecular flexibility index (Phi) is 11.7. The molecule has 2 fully saturated rings. The molecule has 1 N–H and O–H groups in total. The molecule has 0 spiro atoms. The topological polar surface area (TPSA) is 66.7 Å². The van der Waals surface area contributed by atoms with Crippen LogP contribution in [0.4, 0.5) is 5.82 Å². The zero-order chi connectivity index (χ0) is 28.5. The van der Waals surface area contributed by atoms with E-state index in [-0.39, 0.29) is 17.5 Å². The van der Waals surface area contributed by atoms with E-state index in [9.17, 15) is 9.59 Å². The van der Waals surface area contributed by atoms with Crippen LogP contribution in [0, 0.1) is 12.8 Å². The number of nitrogens with one attached hydrogen (secondary N) is 1. The number of carbonyl (C=O) groups is 1. The highest BCUT2D eigenvalue weighted by Crippen LogP contribution is 2.34. The number of amides is 1. The third kappa shape index (κ3) is 8.19. The number of unbranched alkanes of at least 4 members (excludes halogenated alkanes) is 9. The van der Waals surface area contributed by atoms with Gasteiger partial charge in [-0.2, -0.15) is 0 Å². The van der Waals surface area contributed by atoms with Gasteiger partial charge in [0, 0.05) is 18.8 Å². The molecule has 4 rings (SSSR count). The molecule has 0 atom stereocenters. The summed E-state index contributed by atoms with van der Waals surface area (Å²) in [4.78, 5) is 34.1. The molecule has 1 saturated carbocycles. The smallest absolute Gasteiger partial charge is 0.267 e. The van der Waals surface area contributed by atoms with Gasteiger partial charge in [0.1, 0.15) is 15.8 Å². The minimum Gasteiger partial charge on any atom is -0.367 e. The number of fused-ring (bicyclic) bond motifs is 1. The first kappa shape index (κ1) is 30.8. The van der Waals surface area contributed by atoms with E-state index in [1.807, 2.05) is 25.3 Å². The van der Waals surface area contributed by atoms with Gasteiger partial charge < -0.3 is 5.32 Å². The first-order chi connectivity index (χ1) is 19.4. The van der Waals surface area contributed by atoms with E-state index in [4.69, 9.17) is 17.2 Å². The molecular weight excluding hydrogens is 537 g/mol. The fourth-order valence-corrected chi connectivity index (χ4v) is 6.97. The second-order valence-electron chi connectivity index (χ2n) is 11.7. The van der Waals surface area contributed by atoms with Crippen LogP contribution in [0.1, 0.15) is 115 Å². The van der Waals surface area contributed by atoms with Crippen molar-refractivity contribution in [2.45, 2.75) is 117 Å². The lowest BCUT2D eigenvalue weighted by Crippen LogP contribution is -2.30. The van der Waals surface area contributed by atoms with Crippen molar-refractivity contribution in [3.05, 3.63) is 44.7 Å². The summed E-state index contributed by atoms with van der Waals surface area (Å²) in [6.07, 6.45) is 20.5. The van der Waals surface area contributed by atoms with Crippen LogP contribution in [-0.4, -0.2) is 37.1 Å². The molecule has 0 aromatic carbocycles. The van der Waals surface area contributed by atoms with E-state index >= 15 is 0 Å². The molecule has 2 aliphatic rings. The van der Waals surface area contributed by atoms with Crippen LogP contribution in [-0.2, 0) is 4.79 Å². The summed E-state index contributed by atoms with van der Waals surface area (Å²) in [6.45, 7) is 7.14. The number of hydrogen-bond donors (Lipinski definition) is 1. The zero-order valence-corrected chi connectivity index (χ0v) is 26.2. The van der Waals surface area contributed by atoms with E-state index in [2.05, 4.69) is 19.2 Å². The van der Waals surface area contributed by atoms with Crippen molar-refractivity contribution in [1.82, 2.24) is 14.3 Å². The fourth-order valence-electron chi connectivity index (χ4n) is 5.68. The third-order valence-electron chi connectivity index (χ3n) is 8.25. The predicted octanol–water partition coefficient (Wildman–Crippen LogP) is 8.12. The molecule has 8 heteroatoms. The van der Waals surface area contributed by atoms with Crippen LogP contribution >= 0.6 is 24.0 Å². The molecule has 2 aromatic rings. The van der Waals surface area contributed by atoms with Crippen LogP contribution < -0.4 is 10.9 Å². The standard InChI is InChI=1S/C32H46N4O2S2/c1-4-5-6-7-8-9-10-11-12-13-20-35-31(38)27(40-32(35)39)21-26-29(33-25-17-14-23(2)15-18-25)34-28-19-16-24(3)22-36(28)30(26)37/h16,19,21-23,25,33H,4-15,17-18,20H2,1-3H3. The molecule has 1 saturated heterocycles. The number of hydrogen-bond acceptors (Lipinski definition) is 6. The van der Waals surface area contributed by atoms with Gasteiger partial charge in [-0.1, -0.05) is 102 Å². The quantitative estimate of drug-likeness (QED) is 0.138. The molecule has 3 heterocycles. The first-order valence-corrected chi connectivity index (χ1v) is 16.6. The average molecular weight is 583 g/mol. The Morgan fingerprint density at radius 3 is 2.33 bits per heavy atom. The molecule has 0 radical (unpaired) electrons. The van der Waals surface area contributed by atoms with Gasteiger partial charge in [0.25, 0.3) is 11.5 Å². The number of aromatic nitrogens is 2. The van der Waals surface area contributed by atoms with Crippen LogP contribution in [0.25, 0.3) is 11.7 Å². The SMILES string of the molecule is CCCCCCCCCCCCN1C(=O)C(=Cc2c(NC3CCC(C)CC3)nc3ccc(C)cn3c2=O)SC1=S. The van der Waals surface area contributed by atoms with Crippen LogP contribution in [0.5, 0.6) is 0 Å². The summed E-state index contributed by atoms with van der Waals surface area (Å²) in [5, 5.41) is 3.57. The molecule has 40 heavy (non-hydrogen) atoms. The minimum absolute atomic E-state index is 0.0999. The molecule has 1 amide bonds. The maximum absolute atomic E-state index is 13.7. The molecule has 6 nitrogen and oxygen atoms in total. The van der Waals surface area contributed by atoms with Crippen LogP contribution in [0.15, 0.2) is 28.0 Å². The highest BCUT2D eigenvalue weighted by molar-refractivity contribution is 8.26. The Morgan fingerprint density at radius 1 is 1.00 bits per heavy atom. The second-order valence-corrected chi connectivity index (χ2v) is 13.4. The number of pyridine rings is 1. The Hall–Kier alpha value is -2.19. The Labute approximate surface area is 249 Å². The van der Waals surface area contributed by atoms with Gasteiger partial charge in [-0.15, -0.1) is 0 Å². The van der Waals surface area contributed by atoms with Gasteiger partial charge in [-0.3, -0.25) is 18.9 Å². The van der Waals surface area contributed by atoms with E-state index in [0.717, 1.165) is 50.0 Å². The van der Waals surface area contributed by atoms with Crippen molar-refractivity contribution in [2.24, 2.45) is 5.92 Å². The van der Waals surface area contributed by atoms with E-state index in [1.54, 1.807) is 15.4 Å². The Bertz CT molecular complexity index is 1260. The van der Waals surface area contributed by atoms with Crippen LogP contribution in [0.2, 0.25) is 0 Å². The largest absolute Gasteiger partial charge is 0.367 e. The summed E-state index contributed by atoms with van der Waals surface area (Å²) in [6, 6.07) is 4.11. The van der Waals surface area contributed by atoms with Crippen molar-refractivity contribution in [1.29, 1.82) is 0 Å². The van der Waals surface area contributed by atoms with Crippen molar-refractivity contribution in [3.63, 3.8) is 0 Å². The molecule has 218 valence electrons. The lowest BCUT2D eigenvalue weighted by Gasteiger charge is -2.27. The lowest BCUT2D eigenvalue weighted by atomic mass is 9.87. The van der Waals surface area contributed by atoms with Crippen LogP contribution in [0.3, 0.4) is 0 Å². The Balaban J connectivity index is 1.43. The summed E-state index contributed by atoms with van der Waals surface area (Å²) in [5.41, 5.74) is 1.85. The van der Waals surface area contributed by atoms with Crippen molar-refractivity contribution < 1.29 is 4.79 Å². The molecule has 0 bridgehead atoms. The lowest BCUT2D eigenvalue weighted by molar-refractivity contribution is -0.122. The highest BCUT2D eigenvalue weighted by Gasteiger charge is 2.32. The van der Waals surface area contributed by atoms with Gasteiger partial charge in [0.2, 0.25) is 0 Å². The number of nitrogens with zero attached hydrogens (tertiary/aromatic N) is 3. The number of anilines is 1. The summed E-state index contributed by atoms with van der Waals surface area (Å²) < 4.78 is 2.16. The number of thiocarbonyl (C=S) groups is 1. The average Bonchev–Trinajstić information content (AvgIpc) is 3.20. The summed E-state index contributed by atoms with van der Waals surface area (Å²) in [7, 11) is 0. The van der Waals surface area contributed by atoms with Gasteiger partial charge in [-0.25, -0.2) is 4.98 Å². The Morgan fingerprint density at radius 2 is 1.65 bits per heavy atom. The van der Waals surface area contributed by atoms with E-state index in [0.29, 0.717) is 32.8 Å². The van der Waals surface area contributed by atoms with E-state index < -0.39 is 0 Å². The monoisotopic (exact) mass is 582 g/mol. The molecule has 1 aliphatic carbocycles. The minimum atomic E-state index is -0.166. The maximum atomic E-state index is 13.7. The first-order valence-electron chi connectivity index (χ1n) is 15.4. The van der Waals surface area contributed by atoms with Gasteiger partial charge in [0.15, 0.2) is 0 Å².